The highest BCUT2D eigenvalue weighted by Gasteiger charge is 2.14. The van der Waals surface area contributed by atoms with Crippen molar-refractivity contribution in [2.45, 2.75) is 19.9 Å². The van der Waals surface area contributed by atoms with E-state index in [1.54, 1.807) is 18.4 Å². The third-order valence-electron chi connectivity index (χ3n) is 4.31. The summed E-state index contributed by atoms with van der Waals surface area (Å²) in [5.41, 5.74) is 2.55. The molecule has 1 aliphatic rings. The molecule has 1 fully saturated rings. The molecule has 1 aliphatic heterocycles. The average Bonchev–Trinajstić information content (AvgIpc) is 3.10. The lowest BCUT2D eigenvalue weighted by molar-refractivity contribution is 0.122. The zero-order chi connectivity index (χ0) is 18.2. The van der Waals surface area contributed by atoms with Crippen molar-refractivity contribution in [1.82, 2.24) is 15.6 Å². The van der Waals surface area contributed by atoms with E-state index >= 15 is 0 Å². The van der Waals surface area contributed by atoms with E-state index in [0.717, 1.165) is 56.8 Å². The van der Waals surface area contributed by atoms with E-state index in [2.05, 4.69) is 56.7 Å². The molecule has 0 amide bonds. The van der Waals surface area contributed by atoms with Crippen LogP contribution in [0.5, 0.6) is 0 Å². The molecule has 0 atom stereocenters. The van der Waals surface area contributed by atoms with Gasteiger partial charge in [0, 0.05) is 56.4 Å². The second kappa shape index (κ2) is 9.54. The van der Waals surface area contributed by atoms with Crippen LogP contribution < -0.4 is 15.5 Å². The zero-order valence-corrected chi connectivity index (χ0v) is 16.3. The number of aryl methyl sites for hydroxylation is 1. The highest BCUT2D eigenvalue weighted by Crippen LogP contribution is 2.21. The quantitative estimate of drug-likeness (QED) is 0.600. The maximum Gasteiger partial charge on any atom is 0.191 e. The van der Waals surface area contributed by atoms with Crippen molar-refractivity contribution < 1.29 is 4.74 Å². The molecule has 7 heteroatoms. The molecule has 2 aromatic rings. The van der Waals surface area contributed by atoms with Gasteiger partial charge in [-0.3, -0.25) is 4.99 Å². The Balaban J connectivity index is 1.52. The molecule has 0 radical (unpaired) electrons. The van der Waals surface area contributed by atoms with Gasteiger partial charge >= 0.3 is 0 Å². The number of rotatable bonds is 6. The minimum atomic E-state index is 0.740. The maximum absolute atomic E-state index is 5.47. The van der Waals surface area contributed by atoms with Crippen LogP contribution >= 0.6 is 11.3 Å². The highest BCUT2D eigenvalue weighted by atomic mass is 32.1. The van der Waals surface area contributed by atoms with Gasteiger partial charge in [0.1, 0.15) is 0 Å². The van der Waals surface area contributed by atoms with Gasteiger partial charge < -0.3 is 20.3 Å². The molecule has 0 saturated carbocycles. The number of anilines is 1. The number of thiazole rings is 1. The second-order valence-electron chi connectivity index (χ2n) is 6.20. The summed E-state index contributed by atoms with van der Waals surface area (Å²) in [5, 5.41) is 7.94. The summed E-state index contributed by atoms with van der Waals surface area (Å²) in [5.74, 6) is 0.815. The van der Waals surface area contributed by atoms with Gasteiger partial charge in [-0.15, -0.1) is 11.3 Å². The molecule has 2 N–H and O–H groups in total. The molecule has 0 aliphatic carbocycles. The van der Waals surface area contributed by atoms with Gasteiger partial charge in [-0.05, 0) is 18.6 Å². The maximum atomic E-state index is 5.47. The molecule has 0 unspecified atom stereocenters. The Morgan fingerprint density at radius 1 is 1.27 bits per heavy atom. The summed E-state index contributed by atoms with van der Waals surface area (Å²) in [4.78, 5) is 12.4. The minimum absolute atomic E-state index is 0.740. The van der Waals surface area contributed by atoms with Crippen molar-refractivity contribution in [2.24, 2.45) is 4.99 Å². The van der Waals surface area contributed by atoms with Crippen molar-refractivity contribution in [1.29, 1.82) is 0 Å². The fraction of sp³-hybridized carbons (Fsp3) is 0.474. The van der Waals surface area contributed by atoms with Gasteiger partial charge in [-0.1, -0.05) is 18.2 Å². The first-order chi connectivity index (χ1) is 12.8. The molecular weight excluding hydrogens is 346 g/mol. The number of guanidine groups is 1. The largest absolute Gasteiger partial charge is 0.378 e. The molecule has 1 saturated heterocycles. The summed E-state index contributed by atoms with van der Waals surface area (Å²) < 4.78 is 5.47. The van der Waals surface area contributed by atoms with Crippen LogP contribution in [0, 0.1) is 6.92 Å². The Morgan fingerprint density at radius 2 is 2.08 bits per heavy atom. The highest BCUT2D eigenvalue weighted by molar-refractivity contribution is 7.11. The van der Waals surface area contributed by atoms with Crippen molar-refractivity contribution in [3.8, 4) is 0 Å². The van der Waals surface area contributed by atoms with E-state index < -0.39 is 0 Å². The van der Waals surface area contributed by atoms with Crippen LogP contribution in [0.4, 0.5) is 5.69 Å². The smallest absolute Gasteiger partial charge is 0.191 e. The zero-order valence-electron chi connectivity index (χ0n) is 15.5. The lowest BCUT2D eigenvalue weighted by Gasteiger charge is -2.30. The van der Waals surface area contributed by atoms with Gasteiger partial charge in [0.25, 0.3) is 0 Å². The summed E-state index contributed by atoms with van der Waals surface area (Å²) in [6.07, 6.45) is 2.83. The average molecular weight is 374 g/mol. The van der Waals surface area contributed by atoms with Gasteiger partial charge in [0.05, 0.1) is 18.2 Å². The Hall–Kier alpha value is -2.12. The van der Waals surface area contributed by atoms with Crippen LogP contribution in [0.3, 0.4) is 0 Å². The Labute approximate surface area is 159 Å². The fourth-order valence-corrected chi connectivity index (χ4v) is 3.76. The molecule has 3 rings (SSSR count). The topological polar surface area (TPSA) is 61.8 Å². The van der Waals surface area contributed by atoms with Gasteiger partial charge in [-0.2, -0.15) is 0 Å². The van der Waals surface area contributed by atoms with Crippen molar-refractivity contribution in [3.63, 3.8) is 0 Å². The molecule has 140 valence electrons. The second-order valence-corrected chi connectivity index (χ2v) is 7.51. The first kappa shape index (κ1) is 18.7. The number of hydrogen-bond donors (Lipinski definition) is 2. The van der Waals surface area contributed by atoms with Gasteiger partial charge in [-0.25, -0.2) is 4.98 Å². The number of aromatic nitrogens is 1. The van der Waals surface area contributed by atoms with Gasteiger partial charge in [0.2, 0.25) is 0 Å². The minimum Gasteiger partial charge on any atom is -0.378 e. The van der Waals surface area contributed by atoms with Crippen LogP contribution in [0.2, 0.25) is 0 Å². The third-order valence-corrected chi connectivity index (χ3v) is 5.29. The van der Waals surface area contributed by atoms with Crippen LogP contribution in [-0.2, 0) is 17.7 Å². The van der Waals surface area contributed by atoms with E-state index in [9.17, 15) is 0 Å². The van der Waals surface area contributed by atoms with Crippen LogP contribution in [0.1, 0.15) is 15.4 Å². The van der Waals surface area contributed by atoms with E-state index in [-0.39, 0.29) is 0 Å². The number of aliphatic imine (C=N–C) groups is 1. The fourth-order valence-electron chi connectivity index (χ4n) is 2.98. The molecule has 1 aromatic heterocycles. The molecule has 0 spiro atoms. The number of ether oxygens (including phenoxy) is 1. The number of morpholine rings is 1. The van der Waals surface area contributed by atoms with E-state index in [0.29, 0.717) is 0 Å². The van der Waals surface area contributed by atoms with E-state index in [1.165, 1.54) is 16.1 Å². The standard InChI is InChI=1S/C19H27N5OS/c1-15-13-22-18(26-15)7-8-21-19(20-2)23-14-16-5-3-4-6-17(16)24-9-11-25-12-10-24/h3-6,13H,7-12,14H2,1-2H3,(H2,20,21,23). The lowest BCUT2D eigenvalue weighted by atomic mass is 10.1. The van der Waals surface area contributed by atoms with Crippen molar-refractivity contribution in [3.05, 3.63) is 45.9 Å². The predicted molar refractivity (Wildman–Crippen MR) is 108 cm³/mol. The summed E-state index contributed by atoms with van der Waals surface area (Å²) in [6, 6.07) is 8.53. The van der Waals surface area contributed by atoms with E-state index in [4.69, 9.17) is 4.74 Å². The first-order valence-electron chi connectivity index (χ1n) is 9.02. The molecule has 6 nitrogen and oxygen atoms in total. The summed E-state index contributed by atoms with van der Waals surface area (Å²) >= 11 is 1.75. The molecule has 1 aromatic carbocycles. The van der Waals surface area contributed by atoms with Crippen LogP contribution in [0.15, 0.2) is 35.5 Å². The monoisotopic (exact) mass is 373 g/mol. The number of hydrogen-bond acceptors (Lipinski definition) is 5. The normalized spacial score (nSPS) is 15.2. The number of benzene rings is 1. The number of para-hydroxylation sites is 1. The molecular formula is C19H27N5OS. The summed E-state index contributed by atoms with van der Waals surface area (Å²) in [7, 11) is 1.80. The number of nitrogens with one attached hydrogen (secondary N) is 2. The van der Waals surface area contributed by atoms with Crippen molar-refractivity contribution >= 4 is 23.0 Å². The van der Waals surface area contributed by atoms with E-state index in [1.807, 2.05) is 6.20 Å². The van der Waals surface area contributed by atoms with Crippen molar-refractivity contribution in [2.75, 3.05) is 44.8 Å². The lowest BCUT2D eigenvalue weighted by Crippen LogP contribution is -2.39. The SMILES string of the molecule is CN=C(NCCc1ncc(C)s1)NCc1ccccc1N1CCOCC1. The third kappa shape index (κ3) is 5.19. The summed E-state index contributed by atoms with van der Waals surface area (Å²) in [6.45, 7) is 7.11. The Kier molecular flexibility index (Phi) is 6.85. The Bertz CT molecular complexity index is 724. The van der Waals surface area contributed by atoms with Gasteiger partial charge in [0.15, 0.2) is 5.96 Å². The van der Waals surface area contributed by atoms with Crippen LogP contribution in [0.25, 0.3) is 0 Å². The molecule has 2 heterocycles. The van der Waals surface area contributed by atoms with Crippen LogP contribution in [-0.4, -0.2) is 50.8 Å². The molecule has 0 bridgehead atoms. The number of nitrogens with zero attached hydrogens (tertiary/aromatic N) is 3. The predicted octanol–water partition coefficient (Wildman–Crippen LogP) is 2.20. The first-order valence-corrected chi connectivity index (χ1v) is 9.84. The molecule has 26 heavy (non-hydrogen) atoms. The Morgan fingerprint density at radius 3 is 2.81 bits per heavy atom.